The van der Waals surface area contributed by atoms with Crippen LogP contribution >= 0.6 is 7.82 Å². The number of phosphoric ester groups is 1. The standard InChI is InChI=1S/C34H65O8P/c1-3-5-7-9-11-13-15-16-17-18-19-21-22-24-26-28-33(35)40-30-32(31-41-43(37,38)39)42-34(36)29-27-25-23-20-14-12-10-8-6-4-2/h16-17,32H,3-15,18-31H2,1-2H3,(H2,37,38,39)/b17-16-/t32-/m1/s1. The molecular weight excluding hydrogens is 567 g/mol. The van der Waals surface area contributed by atoms with Gasteiger partial charge in [0.1, 0.15) is 6.61 Å². The highest BCUT2D eigenvalue weighted by atomic mass is 31.2. The van der Waals surface area contributed by atoms with Gasteiger partial charge in [0.25, 0.3) is 0 Å². The second-order valence-corrected chi connectivity index (χ2v) is 13.1. The first-order valence-corrected chi connectivity index (χ1v) is 19.0. The minimum absolute atomic E-state index is 0.214. The molecule has 43 heavy (non-hydrogen) atoms. The molecule has 0 heterocycles. The molecule has 0 aromatic rings. The van der Waals surface area contributed by atoms with Crippen molar-refractivity contribution in [2.75, 3.05) is 13.2 Å². The summed E-state index contributed by atoms with van der Waals surface area (Å²) in [5.41, 5.74) is 0. The fraction of sp³-hybridized carbons (Fsp3) is 0.882. The molecule has 2 N–H and O–H groups in total. The Morgan fingerprint density at radius 1 is 0.581 bits per heavy atom. The molecule has 8 nitrogen and oxygen atoms in total. The van der Waals surface area contributed by atoms with Crippen molar-refractivity contribution in [3.63, 3.8) is 0 Å². The number of hydrogen-bond donors (Lipinski definition) is 2. The number of allylic oxidation sites excluding steroid dienone is 2. The van der Waals surface area contributed by atoms with Gasteiger partial charge >= 0.3 is 19.8 Å². The number of carbonyl (C=O) groups is 2. The molecule has 0 aromatic carbocycles. The maximum Gasteiger partial charge on any atom is 0.469 e. The van der Waals surface area contributed by atoms with Crippen LogP contribution in [0.2, 0.25) is 0 Å². The van der Waals surface area contributed by atoms with E-state index in [9.17, 15) is 14.2 Å². The van der Waals surface area contributed by atoms with Gasteiger partial charge in [0.15, 0.2) is 6.10 Å². The van der Waals surface area contributed by atoms with Crippen molar-refractivity contribution in [2.24, 2.45) is 0 Å². The summed E-state index contributed by atoms with van der Waals surface area (Å²) < 4.78 is 26.2. The second-order valence-electron chi connectivity index (χ2n) is 11.8. The van der Waals surface area contributed by atoms with E-state index in [4.69, 9.17) is 19.3 Å². The molecule has 0 radical (unpaired) electrons. The Balaban J connectivity index is 3.98. The van der Waals surface area contributed by atoms with Gasteiger partial charge in [-0.05, 0) is 38.5 Å². The van der Waals surface area contributed by atoms with E-state index >= 15 is 0 Å². The average molecular weight is 633 g/mol. The molecule has 9 heteroatoms. The maximum absolute atomic E-state index is 12.3. The molecule has 0 aliphatic heterocycles. The minimum Gasteiger partial charge on any atom is -0.462 e. The molecule has 1 atom stereocenters. The number of hydrogen-bond acceptors (Lipinski definition) is 6. The van der Waals surface area contributed by atoms with E-state index in [0.29, 0.717) is 6.42 Å². The molecular formula is C34H65O8P. The van der Waals surface area contributed by atoms with E-state index in [2.05, 4.69) is 30.5 Å². The van der Waals surface area contributed by atoms with E-state index in [1.54, 1.807) is 0 Å². The van der Waals surface area contributed by atoms with Crippen LogP contribution in [0.3, 0.4) is 0 Å². The zero-order valence-corrected chi connectivity index (χ0v) is 28.5. The SMILES string of the molecule is CCCCCCCC/C=C\CCCCCCCC(=O)OC[C@H](COP(=O)(O)O)OC(=O)CCCCCCCCCCCC. The lowest BCUT2D eigenvalue weighted by atomic mass is 10.1. The minimum atomic E-state index is -4.74. The van der Waals surface area contributed by atoms with Crippen LogP contribution in [-0.4, -0.2) is 41.0 Å². The summed E-state index contributed by atoms with van der Waals surface area (Å²) in [7, 11) is -4.74. The highest BCUT2D eigenvalue weighted by Crippen LogP contribution is 2.36. The number of phosphoric acid groups is 1. The van der Waals surface area contributed by atoms with Gasteiger partial charge in [0.2, 0.25) is 0 Å². The lowest BCUT2D eigenvalue weighted by Crippen LogP contribution is -2.29. The van der Waals surface area contributed by atoms with Crippen molar-refractivity contribution in [3.8, 4) is 0 Å². The van der Waals surface area contributed by atoms with Crippen molar-refractivity contribution < 1.29 is 37.9 Å². The van der Waals surface area contributed by atoms with Crippen LogP contribution < -0.4 is 0 Å². The summed E-state index contributed by atoms with van der Waals surface area (Å²) in [4.78, 5) is 42.5. The molecule has 0 aromatic heterocycles. The molecule has 0 aliphatic rings. The van der Waals surface area contributed by atoms with Gasteiger partial charge in [0, 0.05) is 12.8 Å². The van der Waals surface area contributed by atoms with Gasteiger partial charge in [-0.1, -0.05) is 135 Å². The zero-order valence-electron chi connectivity index (χ0n) is 27.6. The molecule has 0 saturated carbocycles. The van der Waals surface area contributed by atoms with E-state index in [0.717, 1.165) is 57.8 Å². The molecule has 0 rings (SSSR count). The third kappa shape index (κ3) is 33.5. The molecule has 0 aliphatic carbocycles. The van der Waals surface area contributed by atoms with Crippen LogP contribution in [0, 0.1) is 0 Å². The second kappa shape index (κ2) is 30.8. The monoisotopic (exact) mass is 632 g/mol. The maximum atomic E-state index is 12.3. The highest BCUT2D eigenvalue weighted by Gasteiger charge is 2.22. The first-order valence-electron chi connectivity index (χ1n) is 17.5. The van der Waals surface area contributed by atoms with Crippen LogP contribution in [0.25, 0.3) is 0 Å². The number of unbranched alkanes of at least 4 members (excludes halogenated alkanes) is 20. The third-order valence-electron chi connectivity index (χ3n) is 7.53. The van der Waals surface area contributed by atoms with Crippen molar-refractivity contribution in [3.05, 3.63) is 12.2 Å². The Labute approximate surface area is 263 Å². The molecule has 0 unspecified atom stereocenters. The Kier molecular flexibility index (Phi) is 29.9. The summed E-state index contributed by atoms with van der Waals surface area (Å²) in [6, 6.07) is 0. The molecule has 0 bridgehead atoms. The fourth-order valence-corrected chi connectivity index (χ4v) is 5.26. The van der Waals surface area contributed by atoms with E-state index in [1.165, 1.54) is 83.5 Å². The largest absolute Gasteiger partial charge is 0.469 e. The van der Waals surface area contributed by atoms with Crippen molar-refractivity contribution in [1.29, 1.82) is 0 Å². The number of rotatable bonds is 32. The summed E-state index contributed by atoms with van der Waals surface area (Å²) in [6.07, 6.45) is 30.8. The summed E-state index contributed by atoms with van der Waals surface area (Å²) in [6.45, 7) is 3.64. The quantitative estimate of drug-likeness (QED) is 0.0325. The number of carbonyl (C=O) groups excluding carboxylic acids is 2. The lowest BCUT2D eigenvalue weighted by Gasteiger charge is -2.18. The van der Waals surface area contributed by atoms with Gasteiger partial charge in [-0.3, -0.25) is 14.1 Å². The van der Waals surface area contributed by atoms with Crippen molar-refractivity contribution >= 4 is 19.8 Å². The van der Waals surface area contributed by atoms with Gasteiger partial charge in [0.05, 0.1) is 6.61 Å². The van der Waals surface area contributed by atoms with Gasteiger partial charge < -0.3 is 19.3 Å². The molecule has 0 fully saturated rings. The first kappa shape index (κ1) is 41.8. The van der Waals surface area contributed by atoms with E-state index in [-0.39, 0.29) is 19.4 Å². The summed E-state index contributed by atoms with van der Waals surface area (Å²) in [5.74, 6) is -0.892. The molecule has 0 spiro atoms. The Hall–Kier alpha value is -1.21. The van der Waals surface area contributed by atoms with Crippen LogP contribution in [0.4, 0.5) is 0 Å². The zero-order chi connectivity index (χ0) is 31.9. The summed E-state index contributed by atoms with van der Waals surface area (Å²) in [5, 5.41) is 0. The van der Waals surface area contributed by atoms with Gasteiger partial charge in [-0.2, -0.15) is 0 Å². The third-order valence-corrected chi connectivity index (χ3v) is 8.02. The predicted molar refractivity (Wildman–Crippen MR) is 175 cm³/mol. The van der Waals surface area contributed by atoms with Crippen LogP contribution in [-0.2, 0) is 28.2 Å². The van der Waals surface area contributed by atoms with Crippen molar-refractivity contribution in [1.82, 2.24) is 0 Å². The first-order chi connectivity index (χ1) is 20.8. The predicted octanol–water partition coefficient (Wildman–Crippen LogP) is 9.90. The van der Waals surface area contributed by atoms with Gasteiger partial charge in [-0.25, -0.2) is 4.57 Å². The molecule has 0 saturated heterocycles. The summed E-state index contributed by atoms with van der Waals surface area (Å²) >= 11 is 0. The Bertz CT molecular complexity index is 721. The molecule has 0 amide bonds. The fourth-order valence-electron chi connectivity index (χ4n) is 4.90. The van der Waals surface area contributed by atoms with E-state index in [1.807, 2.05) is 0 Å². The molecule has 254 valence electrons. The average Bonchev–Trinajstić information content (AvgIpc) is 2.97. The van der Waals surface area contributed by atoms with Crippen LogP contribution in [0.1, 0.15) is 174 Å². The van der Waals surface area contributed by atoms with Crippen LogP contribution in [0.15, 0.2) is 12.2 Å². The van der Waals surface area contributed by atoms with Gasteiger partial charge in [-0.15, -0.1) is 0 Å². The normalized spacial score (nSPS) is 12.6. The topological polar surface area (TPSA) is 119 Å². The van der Waals surface area contributed by atoms with E-state index < -0.39 is 32.5 Å². The number of esters is 2. The lowest BCUT2D eigenvalue weighted by molar-refractivity contribution is -0.161. The Morgan fingerprint density at radius 3 is 1.42 bits per heavy atom. The highest BCUT2D eigenvalue weighted by molar-refractivity contribution is 7.46. The van der Waals surface area contributed by atoms with Crippen molar-refractivity contribution in [2.45, 2.75) is 180 Å². The van der Waals surface area contributed by atoms with Crippen LogP contribution in [0.5, 0.6) is 0 Å². The number of ether oxygens (including phenoxy) is 2. The smallest absolute Gasteiger partial charge is 0.462 e. The Morgan fingerprint density at radius 2 is 0.977 bits per heavy atom.